The molecule has 4 rings (SSSR count). The first-order valence-electron chi connectivity index (χ1n) is 10.1. The molecule has 0 unspecified atom stereocenters. The number of rotatable bonds is 6. The maximum absolute atomic E-state index is 4.26. The van der Waals surface area contributed by atoms with Gasteiger partial charge in [-0.05, 0) is 45.5 Å². The van der Waals surface area contributed by atoms with Gasteiger partial charge >= 0.3 is 0 Å². The molecule has 0 bridgehead atoms. The third-order valence-corrected chi connectivity index (χ3v) is 5.89. The van der Waals surface area contributed by atoms with E-state index in [1.807, 2.05) is 0 Å². The molecule has 0 heteroatoms. The fourth-order valence-electron chi connectivity index (χ4n) is 4.82. The van der Waals surface area contributed by atoms with Crippen LogP contribution >= 0.6 is 0 Å². The van der Waals surface area contributed by atoms with Crippen molar-refractivity contribution in [2.75, 3.05) is 0 Å². The quantitative estimate of drug-likeness (QED) is 0.334. The Labute approximate surface area is 162 Å². The number of benzene rings is 4. The van der Waals surface area contributed by atoms with Gasteiger partial charge in [-0.15, -0.1) is 0 Å². The van der Waals surface area contributed by atoms with Crippen molar-refractivity contribution in [3.63, 3.8) is 0 Å². The summed E-state index contributed by atoms with van der Waals surface area (Å²) in [5.41, 5.74) is 2.88. The van der Waals surface area contributed by atoms with Crippen LogP contribution in [0.3, 0.4) is 0 Å². The maximum Gasteiger partial charge on any atom is 0.0215 e. The molecule has 0 atom stereocenters. The van der Waals surface area contributed by atoms with E-state index in [0.717, 1.165) is 25.7 Å². The average molecular weight is 352 g/mol. The Kier molecular flexibility index (Phi) is 4.99. The highest BCUT2D eigenvalue weighted by molar-refractivity contribution is 5.91. The van der Waals surface area contributed by atoms with E-state index in [0.29, 0.717) is 0 Å². The van der Waals surface area contributed by atoms with Gasteiger partial charge in [-0.2, -0.15) is 0 Å². The highest BCUT2D eigenvalue weighted by atomic mass is 14.4. The van der Waals surface area contributed by atoms with E-state index >= 15 is 0 Å². The van der Waals surface area contributed by atoms with E-state index < -0.39 is 0 Å². The Morgan fingerprint density at radius 3 is 1.59 bits per heavy atom. The third kappa shape index (κ3) is 3.04. The molecule has 0 aliphatic rings. The van der Waals surface area contributed by atoms with Crippen LogP contribution in [0.2, 0.25) is 0 Å². The highest BCUT2D eigenvalue weighted by Crippen LogP contribution is 2.46. The SMILES string of the molecule is [CH2]CCC(CCC)(c1cccc2ccccc12)c1cccc2ccccc12. The van der Waals surface area contributed by atoms with Gasteiger partial charge in [-0.3, -0.25) is 0 Å². The summed E-state index contributed by atoms with van der Waals surface area (Å²) in [6.07, 6.45) is 4.26. The second kappa shape index (κ2) is 7.56. The van der Waals surface area contributed by atoms with Crippen LogP contribution < -0.4 is 0 Å². The number of hydrogen-bond donors (Lipinski definition) is 0. The first kappa shape index (κ1) is 17.8. The minimum atomic E-state index is -0.0156. The largest absolute Gasteiger partial charge is 0.0653 e. The molecule has 0 saturated heterocycles. The standard InChI is InChI=1S/C27H27/c1-3-19-27(20-4-2,25-17-9-13-21-11-5-7-15-23(21)25)26-18-10-14-22-12-6-8-16-24(22)26/h5-18H,1,3-4,19-20H2,2H3. The van der Waals surface area contributed by atoms with Crippen molar-refractivity contribution in [2.24, 2.45) is 0 Å². The molecule has 4 aromatic carbocycles. The lowest BCUT2D eigenvalue weighted by Gasteiger charge is -2.37. The Hall–Kier alpha value is -2.60. The van der Waals surface area contributed by atoms with Gasteiger partial charge in [0.25, 0.3) is 0 Å². The molecule has 135 valence electrons. The summed E-state index contributed by atoms with van der Waals surface area (Å²) in [7, 11) is 0. The molecular formula is C27H27. The van der Waals surface area contributed by atoms with Gasteiger partial charge in [0.05, 0.1) is 0 Å². The molecule has 27 heavy (non-hydrogen) atoms. The molecule has 0 fully saturated rings. The molecule has 0 aliphatic heterocycles. The van der Waals surface area contributed by atoms with Crippen molar-refractivity contribution in [1.82, 2.24) is 0 Å². The van der Waals surface area contributed by atoms with Crippen molar-refractivity contribution < 1.29 is 0 Å². The topological polar surface area (TPSA) is 0 Å². The monoisotopic (exact) mass is 351 g/mol. The smallest absolute Gasteiger partial charge is 0.0215 e. The summed E-state index contributed by atoms with van der Waals surface area (Å²) < 4.78 is 0. The van der Waals surface area contributed by atoms with E-state index in [-0.39, 0.29) is 5.41 Å². The summed E-state index contributed by atoms with van der Waals surface area (Å²) in [5.74, 6) is 0. The Morgan fingerprint density at radius 2 is 1.11 bits per heavy atom. The first-order chi connectivity index (χ1) is 13.3. The lowest BCUT2D eigenvalue weighted by molar-refractivity contribution is 0.440. The molecule has 0 aliphatic carbocycles. The van der Waals surface area contributed by atoms with Gasteiger partial charge in [-0.1, -0.05) is 112 Å². The summed E-state index contributed by atoms with van der Waals surface area (Å²) in [6.45, 7) is 6.56. The fourth-order valence-corrected chi connectivity index (χ4v) is 4.82. The van der Waals surface area contributed by atoms with Gasteiger partial charge in [-0.25, -0.2) is 0 Å². The van der Waals surface area contributed by atoms with E-state index in [4.69, 9.17) is 0 Å². The number of hydrogen-bond acceptors (Lipinski definition) is 0. The summed E-state index contributed by atoms with van der Waals surface area (Å²) in [5, 5.41) is 5.38. The third-order valence-electron chi connectivity index (χ3n) is 5.89. The minimum Gasteiger partial charge on any atom is -0.0653 e. The molecule has 1 radical (unpaired) electrons. The molecule has 0 nitrogen and oxygen atoms in total. The van der Waals surface area contributed by atoms with E-state index in [1.54, 1.807) is 0 Å². The van der Waals surface area contributed by atoms with Gasteiger partial charge in [0.1, 0.15) is 0 Å². The second-order valence-corrected chi connectivity index (χ2v) is 7.49. The van der Waals surface area contributed by atoms with Crippen LogP contribution in [0, 0.1) is 6.92 Å². The molecule has 0 spiro atoms. The van der Waals surface area contributed by atoms with Crippen LogP contribution in [0.15, 0.2) is 84.9 Å². The number of fused-ring (bicyclic) bond motifs is 2. The van der Waals surface area contributed by atoms with Crippen molar-refractivity contribution >= 4 is 21.5 Å². The second-order valence-electron chi connectivity index (χ2n) is 7.49. The molecule has 0 heterocycles. The van der Waals surface area contributed by atoms with Crippen molar-refractivity contribution in [2.45, 2.75) is 38.0 Å². The lowest BCUT2D eigenvalue weighted by atomic mass is 9.66. The van der Waals surface area contributed by atoms with Crippen LogP contribution in [0.5, 0.6) is 0 Å². The zero-order valence-corrected chi connectivity index (χ0v) is 16.1. The summed E-state index contributed by atoms with van der Waals surface area (Å²) >= 11 is 0. The van der Waals surface area contributed by atoms with Gasteiger partial charge in [0.2, 0.25) is 0 Å². The van der Waals surface area contributed by atoms with Gasteiger partial charge in [0.15, 0.2) is 0 Å². The van der Waals surface area contributed by atoms with E-state index in [9.17, 15) is 0 Å². The van der Waals surface area contributed by atoms with Crippen molar-refractivity contribution in [1.29, 1.82) is 0 Å². The average Bonchev–Trinajstić information content (AvgIpc) is 2.73. The first-order valence-corrected chi connectivity index (χ1v) is 10.1. The van der Waals surface area contributed by atoms with Crippen LogP contribution in [0.4, 0.5) is 0 Å². The molecule has 0 aromatic heterocycles. The minimum absolute atomic E-state index is 0.0156. The summed E-state index contributed by atoms with van der Waals surface area (Å²) in [4.78, 5) is 0. The lowest BCUT2D eigenvalue weighted by Crippen LogP contribution is -2.28. The van der Waals surface area contributed by atoms with Crippen LogP contribution in [0.1, 0.15) is 43.7 Å². The maximum atomic E-state index is 4.26. The Bertz CT molecular complexity index is 960. The van der Waals surface area contributed by atoms with Gasteiger partial charge in [0, 0.05) is 5.41 Å². The van der Waals surface area contributed by atoms with E-state index in [2.05, 4.69) is 98.8 Å². The normalized spacial score (nSPS) is 11.9. The Balaban J connectivity index is 2.09. The van der Waals surface area contributed by atoms with Crippen LogP contribution in [-0.4, -0.2) is 0 Å². The van der Waals surface area contributed by atoms with Crippen LogP contribution in [-0.2, 0) is 5.41 Å². The zero-order valence-electron chi connectivity index (χ0n) is 16.1. The van der Waals surface area contributed by atoms with Crippen molar-refractivity contribution in [3.05, 3.63) is 103 Å². The van der Waals surface area contributed by atoms with Gasteiger partial charge < -0.3 is 0 Å². The zero-order chi connectivity index (χ0) is 18.7. The molecule has 0 amide bonds. The van der Waals surface area contributed by atoms with Crippen molar-refractivity contribution in [3.8, 4) is 0 Å². The van der Waals surface area contributed by atoms with E-state index in [1.165, 1.54) is 32.7 Å². The Morgan fingerprint density at radius 1 is 0.630 bits per heavy atom. The predicted octanol–water partition coefficient (Wildman–Crippen LogP) is 7.69. The summed E-state index contributed by atoms with van der Waals surface area (Å²) in [6, 6.07) is 31.2. The molecule has 4 aromatic rings. The van der Waals surface area contributed by atoms with Crippen LogP contribution in [0.25, 0.3) is 21.5 Å². The molecule has 0 N–H and O–H groups in total. The predicted molar refractivity (Wildman–Crippen MR) is 118 cm³/mol. The molecule has 0 saturated carbocycles. The highest BCUT2D eigenvalue weighted by Gasteiger charge is 2.35. The molecular weight excluding hydrogens is 324 g/mol. The fraction of sp³-hybridized carbons (Fsp3) is 0.222.